The Hall–Kier alpha value is -0.560. The highest BCUT2D eigenvalue weighted by Gasteiger charge is 2.19. The normalized spacial score (nSPS) is 20.5. The van der Waals surface area contributed by atoms with E-state index in [1.54, 1.807) is 6.07 Å². The number of morpholine rings is 1. The summed E-state index contributed by atoms with van der Waals surface area (Å²) in [6.45, 7) is 6.74. The van der Waals surface area contributed by atoms with Crippen LogP contribution < -0.4 is 5.32 Å². The van der Waals surface area contributed by atoms with Crippen LogP contribution in [-0.2, 0) is 4.74 Å². The minimum Gasteiger partial charge on any atom is -0.374 e. The molecule has 0 amide bonds. The Labute approximate surface area is 123 Å². The van der Waals surface area contributed by atoms with Gasteiger partial charge in [0.15, 0.2) is 5.16 Å². The Kier molecular flexibility index (Phi) is 5.69. The number of thioether (sulfide) groups is 1. The lowest BCUT2D eigenvalue weighted by Gasteiger charge is -2.32. The van der Waals surface area contributed by atoms with Gasteiger partial charge in [0.1, 0.15) is 11.0 Å². The van der Waals surface area contributed by atoms with Gasteiger partial charge in [-0.15, -0.1) is 0 Å². The quantitative estimate of drug-likeness (QED) is 0.510. The van der Waals surface area contributed by atoms with Crippen molar-refractivity contribution in [1.82, 2.24) is 14.9 Å². The van der Waals surface area contributed by atoms with Gasteiger partial charge in [0.2, 0.25) is 0 Å². The molecule has 0 saturated carbocycles. The summed E-state index contributed by atoms with van der Waals surface area (Å²) in [6, 6.07) is 1.74. The van der Waals surface area contributed by atoms with E-state index in [1.807, 2.05) is 6.26 Å². The Morgan fingerprint density at radius 2 is 2.42 bits per heavy atom. The summed E-state index contributed by atoms with van der Waals surface area (Å²) in [5.74, 6) is 0.751. The summed E-state index contributed by atoms with van der Waals surface area (Å²) < 4.78 is 5.73. The van der Waals surface area contributed by atoms with Crippen molar-refractivity contribution >= 4 is 29.2 Å². The fraction of sp³-hybridized carbons (Fsp3) is 0.667. The highest BCUT2D eigenvalue weighted by Crippen LogP contribution is 2.17. The number of ether oxygens (including phenoxy) is 1. The molecule has 7 heteroatoms. The first-order chi connectivity index (χ1) is 9.21. The summed E-state index contributed by atoms with van der Waals surface area (Å²) in [4.78, 5) is 10.9. The van der Waals surface area contributed by atoms with Gasteiger partial charge in [-0.3, -0.25) is 4.90 Å². The van der Waals surface area contributed by atoms with E-state index in [9.17, 15) is 0 Å². The fourth-order valence-electron chi connectivity index (χ4n) is 1.99. The first kappa shape index (κ1) is 14.8. The van der Waals surface area contributed by atoms with Crippen molar-refractivity contribution in [3.8, 4) is 0 Å². The molecule has 1 aromatic heterocycles. The van der Waals surface area contributed by atoms with E-state index < -0.39 is 0 Å². The van der Waals surface area contributed by atoms with Gasteiger partial charge >= 0.3 is 0 Å². The first-order valence-electron chi connectivity index (χ1n) is 6.37. The van der Waals surface area contributed by atoms with Crippen molar-refractivity contribution in [2.45, 2.75) is 18.2 Å². The monoisotopic (exact) mass is 302 g/mol. The maximum Gasteiger partial charge on any atom is 0.190 e. The predicted octanol–water partition coefficient (Wildman–Crippen LogP) is 1.98. The average molecular weight is 303 g/mol. The van der Waals surface area contributed by atoms with E-state index in [2.05, 4.69) is 27.1 Å². The van der Waals surface area contributed by atoms with Gasteiger partial charge in [0.05, 0.1) is 12.7 Å². The molecule has 0 aromatic carbocycles. The molecule has 1 saturated heterocycles. The van der Waals surface area contributed by atoms with Crippen LogP contribution in [0.15, 0.2) is 11.2 Å². The number of nitrogens with one attached hydrogen (secondary N) is 1. The lowest BCUT2D eigenvalue weighted by Crippen LogP contribution is -2.45. The van der Waals surface area contributed by atoms with Crippen LogP contribution in [0.4, 0.5) is 5.82 Å². The van der Waals surface area contributed by atoms with Crippen LogP contribution in [0.2, 0.25) is 5.15 Å². The SMILES string of the molecule is CCN1CCOC(CNc2cc(Cl)nc(SC)n2)C1. The zero-order valence-electron chi connectivity index (χ0n) is 11.2. The molecular weight excluding hydrogens is 284 g/mol. The van der Waals surface area contributed by atoms with Gasteiger partial charge in [-0.2, -0.15) is 0 Å². The second-order valence-electron chi connectivity index (χ2n) is 4.33. The molecule has 0 aliphatic carbocycles. The molecule has 1 aromatic rings. The standard InChI is InChI=1S/C12H19ClN4OS/c1-3-17-4-5-18-9(8-17)7-14-11-6-10(13)15-12(16-11)19-2/h6,9H,3-5,7-8H2,1-2H3,(H,14,15,16). The van der Waals surface area contributed by atoms with E-state index in [0.717, 1.165) is 38.6 Å². The van der Waals surface area contributed by atoms with E-state index in [1.165, 1.54) is 11.8 Å². The van der Waals surface area contributed by atoms with E-state index in [-0.39, 0.29) is 6.10 Å². The molecule has 5 nitrogen and oxygen atoms in total. The zero-order chi connectivity index (χ0) is 13.7. The Balaban J connectivity index is 1.89. The molecule has 0 bridgehead atoms. The largest absolute Gasteiger partial charge is 0.374 e. The third kappa shape index (κ3) is 4.49. The highest BCUT2D eigenvalue weighted by atomic mass is 35.5. The molecule has 1 N–H and O–H groups in total. The Morgan fingerprint density at radius 1 is 1.58 bits per heavy atom. The van der Waals surface area contributed by atoms with Crippen LogP contribution in [0.25, 0.3) is 0 Å². The van der Waals surface area contributed by atoms with Crippen molar-refractivity contribution in [2.75, 3.05) is 44.4 Å². The van der Waals surface area contributed by atoms with Gasteiger partial charge in [-0.05, 0) is 12.8 Å². The average Bonchev–Trinajstić information content (AvgIpc) is 2.44. The summed E-state index contributed by atoms with van der Waals surface area (Å²) in [5.41, 5.74) is 0. The van der Waals surface area contributed by atoms with Crippen LogP contribution >= 0.6 is 23.4 Å². The van der Waals surface area contributed by atoms with Gasteiger partial charge < -0.3 is 10.1 Å². The molecule has 0 spiro atoms. The van der Waals surface area contributed by atoms with Crippen molar-refractivity contribution in [2.24, 2.45) is 0 Å². The summed E-state index contributed by atoms with van der Waals surface area (Å²) in [6.07, 6.45) is 2.12. The Bertz CT molecular complexity index is 421. The van der Waals surface area contributed by atoms with Gasteiger partial charge in [0.25, 0.3) is 0 Å². The van der Waals surface area contributed by atoms with E-state index >= 15 is 0 Å². The molecule has 1 fully saturated rings. The summed E-state index contributed by atoms with van der Waals surface area (Å²) in [5, 5.41) is 4.41. The molecule has 1 unspecified atom stereocenters. The minimum atomic E-state index is 0.195. The smallest absolute Gasteiger partial charge is 0.190 e. The van der Waals surface area contributed by atoms with Crippen molar-refractivity contribution < 1.29 is 4.74 Å². The molecule has 1 aliphatic heterocycles. The number of likely N-dealkylation sites (N-methyl/N-ethyl adjacent to an activating group) is 1. The number of halogens is 1. The lowest BCUT2D eigenvalue weighted by atomic mass is 10.2. The third-order valence-electron chi connectivity index (χ3n) is 3.04. The minimum absolute atomic E-state index is 0.195. The molecule has 1 aliphatic rings. The number of nitrogens with zero attached hydrogens (tertiary/aromatic N) is 3. The van der Waals surface area contributed by atoms with Crippen molar-refractivity contribution in [3.05, 3.63) is 11.2 Å². The van der Waals surface area contributed by atoms with Crippen molar-refractivity contribution in [1.29, 1.82) is 0 Å². The molecular formula is C12H19ClN4OS. The molecule has 106 valence electrons. The maximum atomic E-state index is 5.95. The van der Waals surface area contributed by atoms with Crippen molar-refractivity contribution in [3.63, 3.8) is 0 Å². The molecule has 2 heterocycles. The molecule has 19 heavy (non-hydrogen) atoms. The summed E-state index contributed by atoms with van der Waals surface area (Å²) in [7, 11) is 0. The second kappa shape index (κ2) is 7.28. The Morgan fingerprint density at radius 3 is 3.16 bits per heavy atom. The number of hydrogen-bond donors (Lipinski definition) is 1. The third-order valence-corrected chi connectivity index (χ3v) is 3.78. The van der Waals surface area contributed by atoms with Gasteiger partial charge in [0, 0.05) is 25.7 Å². The lowest BCUT2D eigenvalue weighted by molar-refractivity contribution is -0.0192. The summed E-state index contributed by atoms with van der Waals surface area (Å²) >= 11 is 7.43. The number of hydrogen-bond acceptors (Lipinski definition) is 6. The van der Waals surface area contributed by atoms with Crippen LogP contribution in [0.5, 0.6) is 0 Å². The van der Waals surface area contributed by atoms with Crippen LogP contribution in [0.1, 0.15) is 6.92 Å². The fourth-order valence-corrected chi connectivity index (χ4v) is 2.60. The first-order valence-corrected chi connectivity index (χ1v) is 7.98. The van der Waals surface area contributed by atoms with Crippen LogP contribution in [0.3, 0.4) is 0 Å². The molecule has 1 atom stereocenters. The highest BCUT2D eigenvalue weighted by molar-refractivity contribution is 7.98. The number of anilines is 1. The van der Waals surface area contributed by atoms with E-state index in [0.29, 0.717) is 10.3 Å². The molecule has 2 rings (SSSR count). The predicted molar refractivity (Wildman–Crippen MR) is 79.2 cm³/mol. The van der Waals surface area contributed by atoms with Crippen LogP contribution in [-0.4, -0.2) is 60.0 Å². The molecule has 0 radical (unpaired) electrons. The van der Waals surface area contributed by atoms with E-state index in [4.69, 9.17) is 16.3 Å². The van der Waals surface area contributed by atoms with Gasteiger partial charge in [-0.1, -0.05) is 30.3 Å². The van der Waals surface area contributed by atoms with Gasteiger partial charge in [-0.25, -0.2) is 9.97 Å². The maximum absolute atomic E-state index is 5.95. The van der Waals surface area contributed by atoms with Crippen LogP contribution in [0, 0.1) is 0 Å². The second-order valence-corrected chi connectivity index (χ2v) is 5.49. The number of aromatic nitrogens is 2. The zero-order valence-corrected chi connectivity index (χ0v) is 12.8. The topological polar surface area (TPSA) is 50.3 Å². The number of rotatable bonds is 5.